The van der Waals surface area contributed by atoms with Crippen LogP contribution in [-0.2, 0) is 19.7 Å². The number of benzene rings is 5. The molecule has 0 N–H and O–H groups in total. The van der Waals surface area contributed by atoms with Gasteiger partial charge in [0.15, 0.2) is 0 Å². The third-order valence-electron chi connectivity index (χ3n) is 10.8. The van der Waals surface area contributed by atoms with Gasteiger partial charge in [0, 0.05) is 0 Å². The summed E-state index contributed by atoms with van der Waals surface area (Å²) in [6, 6.07) is 39.1. The molecule has 0 radical (unpaired) electrons. The maximum absolute atomic E-state index is 12.7. The molecule has 0 saturated heterocycles. The molecular formula is C48H56O5. The Balaban J connectivity index is 1.28. The third kappa shape index (κ3) is 8.31. The maximum Gasteiger partial charge on any atom is 0.311 e. The SMILES string of the molecule is CCCCC(C)(C)OCCOc1ccc(C2(c3ccc(OCCOC(=O)C(C)(C)CCCC)cc3)c3ccccc3-c3cc4ccccc4cc32)cc1. The number of fused-ring (bicyclic) bond motifs is 4. The van der Waals surface area contributed by atoms with E-state index < -0.39 is 10.8 Å². The Morgan fingerprint density at radius 3 is 1.75 bits per heavy atom. The van der Waals surface area contributed by atoms with E-state index in [0.717, 1.165) is 61.2 Å². The Labute approximate surface area is 316 Å². The van der Waals surface area contributed by atoms with Gasteiger partial charge in [0.2, 0.25) is 0 Å². The molecule has 0 saturated carbocycles. The predicted molar refractivity (Wildman–Crippen MR) is 216 cm³/mol. The fourth-order valence-corrected chi connectivity index (χ4v) is 7.72. The summed E-state index contributed by atoms with van der Waals surface area (Å²) in [6.45, 7) is 14.1. The lowest BCUT2D eigenvalue weighted by Crippen LogP contribution is -2.28. The molecule has 0 aromatic heterocycles. The highest BCUT2D eigenvalue weighted by molar-refractivity contribution is 5.95. The Morgan fingerprint density at radius 2 is 1.13 bits per heavy atom. The van der Waals surface area contributed by atoms with Crippen molar-refractivity contribution < 1.29 is 23.7 Å². The maximum atomic E-state index is 12.7. The van der Waals surface area contributed by atoms with Crippen LogP contribution in [-0.4, -0.2) is 38.0 Å². The molecule has 1 aliphatic rings. The van der Waals surface area contributed by atoms with Crippen LogP contribution in [0.3, 0.4) is 0 Å². The van der Waals surface area contributed by atoms with Gasteiger partial charge in [-0.25, -0.2) is 0 Å². The molecule has 0 spiro atoms. The Bertz CT molecular complexity index is 1970. The number of carbonyl (C=O) groups excluding carboxylic acids is 1. The predicted octanol–water partition coefficient (Wildman–Crippen LogP) is 11.7. The van der Waals surface area contributed by atoms with Crippen molar-refractivity contribution in [1.29, 1.82) is 0 Å². The molecule has 0 amide bonds. The second-order valence-electron chi connectivity index (χ2n) is 15.6. The standard InChI is InChI=1S/C48H56O5/c1-7-9-27-46(3,4)45(49)52-30-29-50-39-23-19-37(20-24-39)48(38-21-25-40(26-22-38)51-31-32-53-47(5,6)28-10-8-2)43-18-14-13-17-41(43)42-33-35-15-11-12-16-36(35)34-44(42)48/h11-26,33-34H,7-10,27-32H2,1-6H3. The van der Waals surface area contributed by atoms with Crippen molar-refractivity contribution in [3.63, 3.8) is 0 Å². The van der Waals surface area contributed by atoms with E-state index in [-0.39, 0.29) is 18.2 Å². The fourth-order valence-electron chi connectivity index (χ4n) is 7.72. The first-order valence-corrected chi connectivity index (χ1v) is 19.5. The molecule has 5 aromatic carbocycles. The normalized spacial score (nSPS) is 15.2. The smallest absolute Gasteiger partial charge is 0.311 e. The number of ether oxygens (including phenoxy) is 4. The zero-order chi connectivity index (χ0) is 37.5. The lowest BCUT2D eigenvalue weighted by atomic mass is 9.67. The largest absolute Gasteiger partial charge is 0.491 e. The van der Waals surface area contributed by atoms with E-state index in [1.54, 1.807) is 0 Å². The zero-order valence-corrected chi connectivity index (χ0v) is 32.5. The van der Waals surface area contributed by atoms with Gasteiger partial charge in [-0.15, -0.1) is 0 Å². The topological polar surface area (TPSA) is 54.0 Å². The van der Waals surface area contributed by atoms with Crippen LogP contribution in [0.1, 0.15) is 102 Å². The van der Waals surface area contributed by atoms with Gasteiger partial charge in [-0.05, 0) is 121 Å². The first kappa shape index (κ1) is 38.1. The number of hydrogen-bond donors (Lipinski definition) is 0. The van der Waals surface area contributed by atoms with E-state index in [9.17, 15) is 4.79 Å². The van der Waals surface area contributed by atoms with E-state index in [1.165, 1.54) is 33.0 Å². The molecule has 53 heavy (non-hydrogen) atoms. The summed E-state index contributed by atoms with van der Waals surface area (Å²) in [5, 5.41) is 2.43. The van der Waals surface area contributed by atoms with Crippen LogP contribution in [0.25, 0.3) is 21.9 Å². The van der Waals surface area contributed by atoms with Crippen LogP contribution in [0.15, 0.2) is 109 Å². The first-order valence-electron chi connectivity index (χ1n) is 19.5. The molecule has 5 nitrogen and oxygen atoms in total. The van der Waals surface area contributed by atoms with Gasteiger partial charge in [-0.2, -0.15) is 0 Å². The Hall–Kier alpha value is -4.61. The van der Waals surface area contributed by atoms with Gasteiger partial charge in [-0.3, -0.25) is 4.79 Å². The zero-order valence-electron chi connectivity index (χ0n) is 32.5. The van der Waals surface area contributed by atoms with Crippen molar-refractivity contribution >= 4 is 16.7 Å². The Kier molecular flexibility index (Phi) is 11.9. The van der Waals surface area contributed by atoms with Crippen molar-refractivity contribution in [1.82, 2.24) is 0 Å². The van der Waals surface area contributed by atoms with Crippen LogP contribution in [0, 0.1) is 5.41 Å². The summed E-state index contributed by atoms with van der Waals surface area (Å²) >= 11 is 0. The van der Waals surface area contributed by atoms with Gasteiger partial charge >= 0.3 is 5.97 Å². The number of unbranched alkanes of at least 4 members (excludes halogenated alkanes) is 2. The molecule has 0 heterocycles. The van der Waals surface area contributed by atoms with Gasteiger partial charge in [-0.1, -0.05) is 112 Å². The molecule has 1 aliphatic carbocycles. The molecule has 5 aromatic rings. The molecule has 278 valence electrons. The van der Waals surface area contributed by atoms with Crippen LogP contribution < -0.4 is 9.47 Å². The highest BCUT2D eigenvalue weighted by atomic mass is 16.6. The average molecular weight is 713 g/mol. The van der Waals surface area contributed by atoms with E-state index >= 15 is 0 Å². The van der Waals surface area contributed by atoms with Crippen LogP contribution >= 0.6 is 0 Å². The van der Waals surface area contributed by atoms with Crippen LogP contribution in [0.5, 0.6) is 11.5 Å². The molecule has 0 fully saturated rings. The lowest BCUT2D eigenvalue weighted by Gasteiger charge is -2.34. The highest BCUT2D eigenvalue weighted by Gasteiger charge is 2.46. The quantitative estimate of drug-likeness (QED) is 0.0656. The van der Waals surface area contributed by atoms with Crippen molar-refractivity contribution in [3.8, 4) is 22.6 Å². The van der Waals surface area contributed by atoms with Gasteiger partial charge in [0.05, 0.1) is 23.0 Å². The summed E-state index contributed by atoms with van der Waals surface area (Å²) in [5.74, 6) is 1.38. The number of rotatable bonds is 18. The van der Waals surface area contributed by atoms with E-state index in [1.807, 2.05) is 26.0 Å². The summed E-state index contributed by atoms with van der Waals surface area (Å²) in [6.07, 6.45) is 6.23. The number of esters is 1. The number of hydrogen-bond acceptors (Lipinski definition) is 5. The highest BCUT2D eigenvalue weighted by Crippen LogP contribution is 2.57. The Morgan fingerprint density at radius 1 is 0.585 bits per heavy atom. The fraction of sp³-hybridized carbons (Fsp3) is 0.396. The molecule has 0 aliphatic heterocycles. The first-order chi connectivity index (χ1) is 25.6. The third-order valence-corrected chi connectivity index (χ3v) is 10.8. The minimum absolute atomic E-state index is 0.151. The van der Waals surface area contributed by atoms with Crippen molar-refractivity contribution in [2.75, 3.05) is 26.4 Å². The summed E-state index contributed by atoms with van der Waals surface area (Å²) < 4.78 is 24.1. The summed E-state index contributed by atoms with van der Waals surface area (Å²) in [5.41, 5.74) is 6.07. The molecule has 1 unspecified atom stereocenters. The second kappa shape index (κ2) is 16.6. The second-order valence-corrected chi connectivity index (χ2v) is 15.6. The van der Waals surface area contributed by atoms with Gasteiger partial charge < -0.3 is 18.9 Å². The van der Waals surface area contributed by atoms with E-state index in [2.05, 4.69) is 125 Å². The lowest BCUT2D eigenvalue weighted by molar-refractivity contribution is -0.155. The summed E-state index contributed by atoms with van der Waals surface area (Å²) in [7, 11) is 0. The van der Waals surface area contributed by atoms with Crippen molar-refractivity contribution in [2.45, 2.75) is 91.1 Å². The van der Waals surface area contributed by atoms with Crippen molar-refractivity contribution in [3.05, 3.63) is 131 Å². The molecule has 5 heteroatoms. The van der Waals surface area contributed by atoms with E-state index in [4.69, 9.17) is 18.9 Å². The van der Waals surface area contributed by atoms with Crippen LogP contribution in [0.4, 0.5) is 0 Å². The monoisotopic (exact) mass is 712 g/mol. The van der Waals surface area contributed by atoms with Crippen LogP contribution in [0.2, 0.25) is 0 Å². The molecule has 1 atom stereocenters. The average Bonchev–Trinajstić information content (AvgIpc) is 3.46. The molecular weight excluding hydrogens is 657 g/mol. The molecule has 0 bridgehead atoms. The van der Waals surface area contributed by atoms with Gasteiger partial charge in [0.25, 0.3) is 0 Å². The number of carbonyl (C=O) groups is 1. The van der Waals surface area contributed by atoms with Crippen molar-refractivity contribution in [2.24, 2.45) is 5.41 Å². The van der Waals surface area contributed by atoms with Gasteiger partial charge in [0.1, 0.15) is 31.3 Å². The molecule has 6 rings (SSSR count). The summed E-state index contributed by atoms with van der Waals surface area (Å²) in [4.78, 5) is 12.7. The minimum Gasteiger partial charge on any atom is -0.491 e. The van der Waals surface area contributed by atoms with E-state index in [0.29, 0.717) is 19.8 Å². The minimum atomic E-state index is -0.570.